The van der Waals surface area contributed by atoms with E-state index in [-0.39, 0.29) is 45.0 Å². The molecule has 4 N–H and O–H groups in total. The van der Waals surface area contributed by atoms with Crippen LogP contribution in [0.1, 0.15) is 11.1 Å². The highest BCUT2D eigenvalue weighted by atomic mass is 32.2. The van der Waals surface area contributed by atoms with Crippen LogP contribution in [0.4, 0.5) is 0 Å². The van der Waals surface area contributed by atoms with E-state index in [0.29, 0.717) is 0 Å². The summed E-state index contributed by atoms with van der Waals surface area (Å²) in [5, 5.41) is 16.4. The molecule has 22 heteroatoms. The lowest BCUT2D eigenvalue weighted by atomic mass is 10.1. The predicted octanol–water partition coefficient (Wildman–Crippen LogP) is 3.34. The monoisotopic (exact) mass is 786 g/mol. The maximum Gasteiger partial charge on any atom is 0.295 e. The first-order chi connectivity index (χ1) is 24.3. The fourth-order valence-electron chi connectivity index (χ4n) is 5.02. The Morgan fingerprint density at radius 1 is 0.462 bits per heavy atom. The van der Waals surface area contributed by atoms with Gasteiger partial charge in [-0.05, 0) is 47.5 Å². The maximum atomic E-state index is 12.4. The van der Waals surface area contributed by atoms with Crippen molar-refractivity contribution in [1.82, 2.24) is 30.0 Å². The molecule has 0 radical (unpaired) electrons. The van der Waals surface area contributed by atoms with Crippen LogP contribution in [0.5, 0.6) is 0 Å². The summed E-state index contributed by atoms with van der Waals surface area (Å²) in [5.74, 6) is 0. The van der Waals surface area contributed by atoms with Crippen molar-refractivity contribution in [2.24, 2.45) is 0 Å². The number of hydrogen-bond donors (Lipinski definition) is 4. The van der Waals surface area contributed by atoms with Crippen LogP contribution in [-0.4, -0.2) is 81.9 Å². The lowest BCUT2D eigenvalue weighted by molar-refractivity contribution is 0.480. The summed E-state index contributed by atoms with van der Waals surface area (Å²) in [4.78, 5) is -0.285. The first kappa shape index (κ1) is 36.3. The maximum absolute atomic E-state index is 12.4. The van der Waals surface area contributed by atoms with E-state index in [1.54, 1.807) is 0 Å². The van der Waals surface area contributed by atoms with Gasteiger partial charge in [0.2, 0.25) is 0 Å². The van der Waals surface area contributed by atoms with Gasteiger partial charge in [0.25, 0.3) is 40.5 Å². The molecule has 268 valence electrons. The number of rotatable bonds is 10. The number of hydrogen-bond acceptors (Lipinski definition) is 12. The van der Waals surface area contributed by atoms with Crippen LogP contribution >= 0.6 is 0 Å². The van der Waals surface area contributed by atoms with Gasteiger partial charge in [-0.25, -0.2) is 0 Å². The second-order valence-electron chi connectivity index (χ2n) is 10.7. The minimum absolute atomic E-state index is 0.00800. The van der Waals surface area contributed by atoms with Gasteiger partial charge in [-0.2, -0.15) is 53.5 Å². The Hall–Kier alpha value is -5.46. The molecule has 2 heterocycles. The first-order valence-corrected chi connectivity index (χ1v) is 20.0. The largest absolute Gasteiger partial charge is 0.295 e. The molecule has 0 aliphatic carbocycles. The molecule has 0 spiro atoms. The fourth-order valence-corrected chi connectivity index (χ4v) is 7.83. The summed E-state index contributed by atoms with van der Waals surface area (Å²) in [6, 6.07) is 18.0. The van der Waals surface area contributed by atoms with Crippen molar-refractivity contribution < 1.29 is 51.9 Å². The van der Waals surface area contributed by atoms with Gasteiger partial charge in [-0.3, -0.25) is 18.2 Å². The minimum Gasteiger partial charge on any atom is -0.282 e. The van der Waals surface area contributed by atoms with Crippen LogP contribution in [0.25, 0.3) is 46.0 Å². The van der Waals surface area contributed by atoms with Gasteiger partial charge < -0.3 is 0 Å². The summed E-state index contributed by atoms with van der Waals surface area (Å²) in [5.41, 5.74) is -0.196. The van der Waals surface area contributed by atoms with Crippen molar-refractivity contribution in [2.75, 3.05) is 0 Å². The normalized spacial score (nSPS) is 12.8. The second kappa shape index (κ2) is 13.3. The highest BCUT2D eigenvalue weighted by Gasteiger charge is 2.22. The Balaban J connectivity index is 1.35. The van der Waals surface area contributed by atoms with Gasteiger partial charge in [0.1, 0.15) is 31.0 Å². The Kier molecular flexibility index (Phi) is 9.27. The van der Waals surface area contributed by atoms with Gasteiger partial charge in [-0.15, -0.1) is 10.2 Å². The van der Waals surface area contributed by atoms with Crippen LogP contribution in [0.2, 0.25) is 0 Å². The van der Waals surface area contributed by atoms with Crippen LogP contribution < -0.4 is 0 Å². The molecule has 0 bridgehead atoms. The zero-order valence-electron chi connectivity index (χ0n) is 25.8. The molecular formula is C30H22N6O12S4. The van der Waals surface area contributed by atoms with Crippen LogP contribution in [0.15, 0.2) is 117 Å². The first-order valence-electron chi connectivity index (χ1n) is 14.2. The standard InChI is InChI=1S/C30H22N6O12S4/c37-49(38,39)27-7-3-1-5-23(27)25-17-31-35(33-25)21-13-11-19(29(15-21)51(43,44)45)9-10-20-12-14-22(16-30(20)52(46,47)48)36-32-18-26(34-36)24-6-2-4-8-28(24)50(40,41)42/h1-18H,(H,37,38,39)(H,40,41,42)(H,43,44,45)(H,46,47,48)/b10-9+. The number of benzene rings is 4. The third kappa shape index (κ3) is 7.58. The molecule has 18 nitrogen and oxygen atoms in total. The highest BCUT2D eigenvalue weighted by molar-refractivity contribution is 7.86. The third-order valence-electron chi connectivity index (χ3n) is 7.32. The van der Waals surface area contributed by atoms with Gasteiger partial charge in [0.15, 0.2) is 0 Å². The molecule has 0 aliphatic heterocycles. The smallest absolute Gasteiger partial charge is 0.282 e. The molecule has 0 fully saturated rings. The van der Waals surface area contributed by atoms with Gasteiger partial charge in [0.05, 0.1) is 23.8 Å². The van der Waals surface area contributed by atoms with Gasteiger partial charge in [0, 0.05) is 11.1 Å². The van der Waals surface area contributed by atoms with E-state index in [9.17, 15) is 51.9 Å². The molecule has 0 amide bonds. The topological polar surface area (TPSA) is 279 Å². The molecule has 0 atom stereocenters. The number of nitrogens with zero attached hydrogens (tertiary/aromatic N) is 6. The van der Waals surface area contributed by atoms with E-state index in [2.05, 4.69) is 20.4 Å². The van der Waals surface area contributed by atoms with E-state index in [0.717, 1.165) is 46.0 Å². The predicted molar refractivity (Wildman–Crippen MR) is 182 cm³/mol. The minimum atomic E-state index is -4.93. The zero-order chi connectivity index (χ0) is 37.6. The molecule has 0 aliphatic rings. The lowest BCUT2D eigenvalue weighted by Gasteiger charge is -2.09. The van der Waals surface area contributed by atoms with Crippen molar-refractivity contribution in [1.29, 1.82) is 0 Å². The Labute approximate surface area is 295 Å². The van der Waals surface area contributed by atoms with E-state index >= 15 is 0 Å². The lowest BCUT2D eigenvalue weighted by Crippen LogP contribution is -2.06. The van der Waals surface area contributed by atoms with E-state index in [4.69, 9.17) is 0 Å². The summed E-state index contributed by atoms with van der Waals surface area (Å²) in [7, 11) is -19.1. The van der Waals surface area contributed by atoms with E-state index < -0.39 is 60.1 Å². The average Bonchev–Trinajstić information content (AvgIpc) is 3.77. The van der Waals surface area contributed by atoms with Crippen molar-refractivity contribution in [2.45, 2.75) is 19.6 Å². The summed E-state index contributed by atoms with van der Waals surface area (Å²) in [6.07, 6.45) is 4.64. The summed E-state index contributed by atoms with van der Waals surface area (Å²) < 4.78 is 136. The van der Waals surface area contributed by atoms with Gasteiger partial charge >= 0.3 is 0 Å². The summed E-state index contributed by atoms with van der Waals surface area (Å²) in [6.45, 7) is 0. The molecule has 0 saturated carbocycles. The fraction of sp³-hybridized carbons (Fsp3) is 0. The quantitative estimate of drug-likeness (QED) is 0.114. The molecule has 0 unspecified atom stereocenters. The molecule has 52 heavy (non-hydrogen) atoms. The second-order valence-corrected chi connectivity index (χ2v) is 16.3. The van der Waals surface area contributed by atoms with Crippen LogP contribution in [-0.2, 0) is 40.5 Å². The Morgan fingerprint density at radius 2 is 0.808 bits per heavy atom. The van der Waals surface area contributed by atoms with Crippen molar-refractivity contribution in [3.8, 4) is 33.9 Å². The molecule has 6 aromatic rings. The van der Waals surface area contributed by atoms with Crippen molar-refractivity contribution in [3.05, 3.63) is 108 Å². The van der Waals surface area contributed by atoms with Gasteiger partial charge in [-0.1, -0.05) is 60.7 Å². The van der Waals surface area contributed by atoms with Crippen LogP contribution in [0.3, 0.4) is 0 Å². The average molecular weight is 787 g/mol. The summed E-state index contributed by atoms with van der Waals surface area (Å²) >= 11 is 0. The van der Waals surface area contributed by atoms with Crippen molar-refractivity contribution >= 4 is 52.6 Å². The van der Waals surface area contributed by atoms with E-state index in [1.165, 1.54) is 73.1 Å². The number of aromatic nitrogens is 6. The molecule has 0 saturated heterocycles. The third-order valence-corrected chi connectivity index (χ3v) is 11.0. The molecule has 2 aromatic heterocycles. The molecule has 6 rings (SSSR count). The Bertz CT molecular complexity index is 2670. The SMILES string of the molecule is O=S(=O)(O)c1cc(-n2ncc(-c3ccccc3S(=O)(=O)O)n2)ccc1/C=C/c1ccc(-n2ncc(-c3ccccc3S(=O)(=O)O)n2)cc1S(=O)(=O)O. The van der Waals surface area contributed by atoms with Crippen molar-refractivity contribution in [3.63, 3.8) is 0 Å². The molecular weight excluding hydrogens is 765 g/mol. The van der Waals surface area contributed by atoms with Crippen LogP contribution in [0, 0.1) is 0 Å². The zero-order valence-corrected chi connectivity index (χ0v) is 29.0. The Morgan fingerprint density at radius 3 is 1.15 bits per heavy atom. The highest BCUT2D eigenvalue weighted by Crippen LogP contribution is 2.29. The molecule has 4 aromatic carbocycles. The van der Waals surface area contributed by atoms with E-state index in [1.807, 2.05) is 0 Å².